The van der Waals surface area contributed by atoms with Crippen LogP contribution in [0.2, 0.25) is 0 Å². The molecule has 0 saturated heterocycles. The maximum absolute atomic E-state index is 9.50. The quantitative estimate of drug-likeness (QED) is 0.338. The van der Waals surface area contributed by atoms with Crippen molar-refractivity contribution in [2.24, 2.45) is 0 Å². The molecule has 0 aromatic heterocycles. The zero-order chi connectivity index (χ0) is 10.6. The molecule has 1 aromatic rings. The number of nitrogens with one attached hydrogen (secondary N) is 1. The van der Waals surface area contributed by atoms with E-state index in [0.29, 0.717) is 5.56 Å². The van der Waals surface area contributed by atoms with E-state index >= 15 is 0 Å². The van der Waals surface area contributed by atoms with Crippen molar-refractivity contribution in [3.8, 4) is 11.5 Å². The Hall–Kier alpha value is -1.30. The first-order valence-corrected chi connectivity index (χ1v) is 4.16. The van der Waals surface area contributed by atoms with Crippen LogP contribution < -0.4 is 5.32 Å². The molecule has 5 N–H and O–H groups in total. The Balaban J connectivity index is 2.70. The van der Waals surface area contributed by atoms with Gasteiger partial charge < -0.3 is 20.4 Å². The molecule has 0 radical (unpaired) electrons. The summed E-state index contributed by atoms with van der Waals surface area (Å²) < 4.78 is 0. The summed E-state index contributed by atoms with van der Waals surface area (Å²) in [6, 6.07) is 4.07. The van der Waals surface area contributed by atoms with Crippen LogP contribution in [0.5, 0.6) is 11.5 Å². The highest BCUT2D eigenvalue weighted by Gasteiger charge is 2.09. The second-order valence-corrected chi connectivity index (χ2v) is 2.88. The Morgan fingerprint density at radius 2 is 1.93 bits per heavy atom. The van der Waals surface area contributed by atoms with E-state index in [9.17, 15) is 5.11 Å². The number of aromatic hydroxyl groups is 2. The predicted molar refractivity (Wildman–Crippen MR) is 49.8 cm³/mol. The minimum absolute atomic E-state index is 0.181. The molecule has 0 spiro atoms. The van der Waals surface area contributed by atoms with E-state index in [4.69, 9.17) is 15.3 Å². The number of aliphatic hydroxyl groups excluding tert-OH is 2. The average Bonchev–Trinajstić information content (AvgIpc) is 2.18. The zero-order valence-electron chi connectivity index (χ0n) is 7.51. The van der Waals surface area contributed by atoms with Crippen LogP contribution in [0, 0.1) is 0 Å². The van der Waals surface area contributed by atoms with Crippen LogP contribution in [0.25, 0.3) is 0 Å². The van der Waals surface area contributed by atoms with E-state index in [2.05, 4.69) is 5.32 Å². The topological polar surface area (TPSA) is 93.0 Å². The molecule has 14 heavy (non-hydrogen) atoms. The van der Waals surface area contributed by atoms with Crippen molar-refractivity contribution in [3.05, 3.63) is 23.8 Å². The lowest BCUT2D eigenvalue weighted by atomic mass is 10.1. The van der Waals surface area contributed by atoms with Gasteiger partial charge in [-0.05, 0) is 17.7 Å². The van der Waals surface area contributed by atoms with Gasteiger partial charge in [-0.1, -0.05) is 6.07 Å². The molecule has 0 saturated carbocycles. The maximum atomic E-state index is 9.50. The minimum Gasteiger partial charge on any atom is -0.504 e. The lowest BCUT2D eigenvalue weighted by Gasteiger charge is -2.11. The van der Waals surface area contributed by atoms with E-state index in [1.807, 2.05) is 0 Å². The Labute approximate surface area is 81.3 Å². The number of hydrogen-bond acceptors (Lipinski definition) is 5. The molecule has 0 amide bonds. The van der Waals surface area contributed by atoms with Gasteiger partial charge in [0.2, 0.25) is 0 Å². The summed E-state index contributed by atoms with van der Waals surface area (Å²) in [6.07, 6.45) is -0.825. The Morgan fingerprint density at radius 3 is 2.50 bits per heavy atom. The number of aliphatic hydroxyl groups is 2. The highest BCUT2D eigenvalue weighted by Crippen LogP contribution is 2.27. The van der Waals surface area contributed by atoms with E-state index in [1.165, 1.54) is 18.2 Å². The lowest BCUT2D eigenvalue weighted by molar-refractivity contribution is 0.155. The third-order valence-corrected chi connectivity index (χ3v) is 1.83. The summed E-state index contributed by atoms with van der Waals surface area (Å²) in [5.41, 5.74) is 0.473. The summed E-state index contributed by atoms with van der Waals surface area (Å²) in [6.45, 7) is -0.0398. The summed E-state index contributed by atoms with van der Waals surface area (Å²) >= 11 is 0. The van der Waals surface area contributed by atoms with Crippen LogP contribution >= 0.6 is 0 Å². The van der Waals surface area contributed by atoms with Gasteiger partial charge in [-0.3, -0.25) is 5.32 Å². The molecule has 0 heterocycles. The van der Waals surface area contributed by atoms with E-state index < -0.39 is 6.10 Å². The van der Waals surface area contributed by atoms with Crippen molar-refractivity contribution < 1.29 is 20.4 Å². The van der Waals surface area contributed by atoms with Gasteiger partial charge in [0.25, 0.3) is 0 Å². The number of hydrogen-bond donors (Lipinski definition) is 5. The summed E-state index contributed by atoms with van der Waals surface area (Å²) in [7, 11) is 0. The Kier molecular flexibility index (Phi) is 3.70. The van der Waals surface area contributed by atoms with E-state index in [-0.39, 0.29) is 24.8 Å². The van der Waals surface area contributed by atoms with Crippen LogP contribution in [0.1, 0.15) is 11.7 Å². The van der Waals surface area contributed by atoms with Gasteiger partial charge in [-0.15, -0.1) is 0 Å². The minimum atomic E-state index is -0.825. The second-order valence-electron chi connectivity index (χ2n) is 2.88. The molecule has 0 aliphatic rings. The fraction of sp³-hybridized carbons (Fsp3) is 0.333. The normalized spacial score (nSPS) is 12.7. The lowest BCUT2D eigenvalue weighted by Crippen LogP contribution is -2.22. The maximum Gasteiger partial charge on any atom is 0.157 e. The van der Waals surface area contributed by atoms with Crippen LogP contribution in [0.4, 0.5) is 0 Å². The molecule has 1 rings (SSSR count). The molecule has 0 aliphatic heterocycles. The molecule has 1 atom stereocenters. The SMILES string of the molecule is OCNCC(O)c1ccc(O)c(O)c1. The Bertz CT molecular complexity index is 303. The molecule has 1 unspecified atom stereocenters. The third kappa shape index (κ3) is 2.59. The van der Waals surface area contributed by atoms with Crippen molar-refractivity contribution in [1.82, 2.24) is 5.32 Å². The van der Waals surface area contributed by atoms with Crippen LogP contribution in [0.15, 0.2) is 18.2 Å². The van der Waals surface area contributed by atoms with Crippen LogP contribution in [-0.2, 0) is 0 Å². The summed E-state index contributed by atoms with van der Waals surface area (Å²) in [5.74, 6) is -0.499. The first kappa shape index (κ1) is 10.8. The monoisotopic (exact) mass is 199 g/mol. The highest BCUT2D eigenvalue weighted by atomic mass is 16.3. The van der Waals surface area contributed by atoms with Gasteiger partial charge in [0.05, 0.1) is 12.8 Å². The smallest absolute Gasteiger partial charge is 0.157 e. The van der Waals surface area contributed by atoms with Crippen LogP contribution in [0.3, 0.4) is 0 Å². The van der Waals surface area contributed by atoms with Crippen molar-refractivity contribution in [2.45, 2.75) is 6.10 Å². The van der Waals surface area contributed by atoms with E-state index in [0.717, 1.165) is 0 Å². The molecular weight excluding hydrogens is 186 g/mol. The molecule has 5 nitrogen and oxygen atoms in total. The molecule has 0 fully saturated rings. The van der Waals surface area contributed by atoms with Gasteiger partial charge in [0.1, 0.15) is 0 Å². The molecule has 1 aromatic carbocycles. The number of phenolic OH excluding ortho intramolecular Hbond substituents is 2. The first-order chi connectivity index (χ1) is 6.65. The summed E-state index contributed by atoms with van der Waals surface area (Å²) in [4.78, 5) is 0. The first-order valence-electron chi connectivity index (χ1n) is 4.16. The van der Waals surface area contributed by atoms with Gasteiger partial charge in [-0.25, -0.2) is 0 Å². The highest BCUT2D eigenvalue weighted by molar-refractivity contribution is 5.41. The molecule has 0 aliphatic carbocycles. The van der Waals surface area contributed by atoms with Crippen LogP contribution in [-0.4, -0.2) is 33.7 Å². The fourth-order valence-electron chi connectivity index (χ4n) is 1.07. The average molecular weight is 199 g/mol. The molecule has 78 valence electrons. The molecule has 0 bridgehead atoms. The standard InChI is InChI=1S/C9H13NO4/c11-5-10-4-9(14)6-1-2-7(12)8(13)3-6/h1-3,9-14H,4-5H2. The van der Waals surface area contributed by atoms with Crippen molar-refractivity contribution >= 4 is 0 Å². The van der Waals surface area contributed by atoms with Gasteiger partial charge in [0.15, 0.2) is 11.5 Å². The number of phenols is 2. The number of rotatable bonds is 4. The second kappa shape index (κ2) is 4.80. The van der Waals surface area contributed by atoms with Gasteiger partial charge in [-0.2, -0.15) is 0 Å². The third-order valence-electron chi connectivity index (χ3n) is 1.83. The molecule has 5 heteroatoms. The predicted octanol–water partition coefficient (Wildman–Crippen LogP) is -0.329. The fourth-order valence-corrected chi connectivity index (χ4v) is 1.07. The Morgan fingerprint density at radius 1 is 1.21 bits per heavy atom. The largest absolute Gasteiger partial charge is 0.504 e. The molecular formula is C9H13NO4. The van der Waals surface area contributed by atoms with Crippen molar-refractivity contribution in [2.75, 3.05) is 13.3 Å². The van der Waals surface area contributed by atoms with Crippen molar-refractivity contribution in [3.63, 3.8) is 0 Å². The van der Waals surface area contributed by atoms with Crippen molar-refractivity contribution in [1.29, 1.82) is 0 Å². The summed E-state index contributed by atoms with van der Waals surface area (Å²) in [5, 5.41) is 38.6. The van der Waals surface area contributed by atoms with E-state index in [1.54, 1.807) is 0 Å². The van der Waals surface area contributed by atoms with Gasteiger partial charge in [0, 0.05) is 6.54 Å². The zero-order valence-corrected chi connectivity index (χ0v) is 7.51. The number of benzene rings is 1. The van der Waals surface area contributed by atoms with Gasteiger partial charge >= 0.3 is 0 Å².